The van der Waals surface area contributed by atoms with E-state index >= 15 is 0 Å². The molecule has 1 atom stereocenters. The van der Waals surface area contributed by atoms with Crippen molar-refractivity contribution in [2.45, 2.75) is 63.8 Å². The van der Waals surface area contributed by atoms with E-state index in [0.29, 0.717) is 5.16 Å². The first-order valence-electron chi connectivity index (χ1n) is 10.0. The summed E-state index contributed by atoms with van der Waals surface area (Å²) >= 11 is 1.28. The van der Waals surface area contributed by atoms with Gasteiger partial charge in [-0.05, 0) is 77.9 Å². The van der Waals surface area contributed by atoms with Gasteiger partial charge in [-0.25, -0.2) is 4.39 Å². The Labute approximate surface area is 175 Å². The third-order valence-electron chi connectivity index (χ3n) is 4.79. The van der Waals surface area contributed by atoms with E-state index in [1.165, 1.54) is 43.2 Å². The minimum atomic E-state index is -0.532. The standard InChI is InChI=1S/C21H29FN4O2S/c1-15(25-12-6-5-7-13-25)19-23-24-20(29-14-18(27)28-21(2,3)4)26(19)17-10-8-16(22)9-11-17/h8-11,15H,5-7,12-14H2,1-4H3/t15-/m0/s1. The summed E-state index contributed by atoms with van der Waals surface area (Å²) in [6.45, 7) is 9.70. The van der Waals surface area contributed by atoms with Crippen LogP contribution >= 0.6 is 11.8 Å². The molecular formula is C21H29FN4O2S. The highest BCUT2D eigenvalue weighted by Gasteiger charge is 2.26. The molecule has 1 aromatic heterocycles. The van der Waals surface area contributed by atoms with Gasteiger partial charge in [-0.2, -0.15) is 0 Å². The number of carbonyl (C=O) groups is 1. The molecule has 1 fully saturated rings. The van der Waals surface area contributed by atoms with Gasteiger partial charge in [0.15, 0.2) is 11.0 Å². The summed E-state index contributed by atoms with van der Waals surface area (Å²) in [7, 11) is 0. The Morgan fingerprint density at radius 1 is 1.17 bits per heavy atom. The largest absolute Gasteiger partial charge is 0.459 e. The third-order valence-corrected chi connectivity index (χ3v) is 5.70. The van der Waals surface area contributed by atoms with Crippen LogP contribution in [0, 0.1) is 5.82 Å². The normalized spacial score (nSPS) is 16.6. The number of rotatable bonds is 6. The number of piperidine rings is 1. The van der Waals surface area contributed by atoms with Crippen molar-refractivity contribution in [3.05, 3.63) is 35.9 Å². The van der Waals surface area contributed by atoms with Crippen LogP contribution in [-0.2, 0) is 9.53 Å². The van der Waals surface area contributed by atoms with E-state index in [9.17, 15) is 9.18 Å². The highest BCUT2D eigenvalue weighted by Crippen LogP contribution is 2.29. The number of likely N-dealkylation sites (tertiary alicyclic amines) is 1. The van der Waals surface area contributed by atoms with Crippen molar-refractivity contribution >= 4 is 17.7 Å². The van der Waals surface area contributed by atoms with Crippen molar-refractivity contribution in [3.63, 3.8) is 0 Å². The molecule has 0 bridgehead atoms. The number of esters is 1. The number of benzene rings is 1. The highest BCUT2D eigenvalue weighted by atomic mass is 32.2. The van der Waals surface area contributed by atoms with Gasteiger partial charge in [-0.15, -0.1) is 10.2 Å². The quantitative estimate of drug-likeness (QED) is 0.510. The summed E-state index contributed by atoms with van der Waals surface area (Å²) in [6.07, 6.45) is 3.61. The van der Waals surface area contributed by atoms with E-state index in [4.69, 9.17) is 4.74 Å². The molecule has 1 aromatic carbocycles. The SMILES string of the molecule is C[C@@H](c1nnc(SCC(=O)OC(C)(C)C)n1-c1ccc(F)cc1)N1CCCCC1. The fourth-order valence-corrected chi connectivity index (χ4v) is 4.17. The maximum Gasteiger partial charge on any atom is 0.316 e. The van der Waals surface area contributed by atoms with Crippen LogP contribution in [0.1, 0.15) is 58.8 Å². The van der Waals surface area contributed by atoms with Gasteiger partial charge < -0.3 is 4.74 Å². The molecule has 1 saturated heterocycles. The Morgan fingerprint density at radius 2 is 1.83 bits per heavy atom. The van der Waals surface area contributed by atoms with Crippen LogP contribution in [0.15, 0.2) is 29.4 Å². The average Bonchev–Trinajstić information content (AvgIpc) is 3.09. The predicted octanol–water partition coefficient (Wildman–Crippen LogP) is 4.39. The van der Waals surface area contributed by atoms with E-state index in [1.807, 2.05) is 25.3 Å². The fourth-order valence-electron chi connectivity index (χ4n) is 3.44. The lowest BCUT2D eigenvalue weighted by Gasteiger charge is -2.31. The summed E-state index contributed by atoms with van der Waals surface area (Å²) in [6, 6.07) is 6.34. The van der Waals surface area contributed by atoms with E-state index in [-0.39, 0.29) is 23.6 Å². The molecule has 2 heterocycles. The van der Waals surface area contributed by atoms with Gasteiger partial charge in [0, 0.05) is 5.69 Å². The first-order chi connectivity index (χ1) is 13.7. The van der Waals surface area contributed by atoms with Gasteiger partial charge in [0.1, 0.15) is 11.4 Å². The number of hydrogen-bond acceptors (Lipinski definition) is 6. The monoisotopic (exact) mass is 420 g/mol. The summed E-state index contributed by atoms with van der Waals surface area (Å²) in [5, 5.41) is 9.39. The molecule has 8 heteroatoms. The number of hydrogen-bond donors (Lipinski definition) is 0. The summed E-state index contributed by atoms with van der Waals surface area (Å²) < 4.78 is 20.8. The molecule has 0 spiro atoms. The lowest BCUT2D eigenvalue weighted by atomic mass is 10.1. The molecular weight excluding hydrogens is 391 g/mol. The zero-order chi connectivity index (χ0) is 21.0. The van der Waals surface area contributed by atoms with Gasteiger partial charge in [-0.3, -0.25) is 14.3 Å². The minimum absolute atomic E-state index is 0.0729. The van der Waals surface area contributed by atoms with Crippen molar-refractivity contribution in [2.24, 2.45) is 0 Å². The Bertz CT molecular complexity index is 826. The number of carbonyl (C=O) groups excluding carboxylic acids is 1. The summed E-state index contributed by atoms with van der Waals surface area (Å²) in [4.78, 5) is 14.6. The number of nitrogens with zero attached hydrogens (tertiary/aromatic N) is 4. The molecule has 1 aliphatic rings. The van der Waals surface area contributed by atoms with Crippen molar-refractivity contribution in [2.75, 3.05) is 18.8 Å². The zero-order valence-corrected chi connectivity index (χ0v) is 18.3. The van der Waals surface area contributed by atoms with E-state index < -0.39 is 5.60 Å². The molecule has 3 rings (SSSR count). The Kier molecular flexibility index (Phi) is 6.95. The third kappa shape index (κ3) is 5.79. The molecule has 0 aliphatic carbocycles. The number of aromatic nitrogens is 3. The number of ether oxygens (including phenoxy) is 1. The minimum Gasteiger partial charge on any atom is -0.459 e. The van der Waals surface area contributed by atoms with Gasteiger partial charge in [0.25, 0.3) is 0 Å². The zero-order valence-electron chi connectivity index (χ0n) is 17.5. The topological polar surface area (TPSA) is 60.2 Å². The molecule has 29 heavy (non-hydrogen) atoms. The Hall–Kier alpha value is -1.93. The molecule has 1 aliphatic heterocycles. The Balaban J connectivity index is 1.86. The van der Waals surface area contributed by atoms with E-state index in [0.717, 1.165) is 24.6 Å². The van der Waals surface area contributed by atoms with Gasteiger partial charge in [0.2, 0.25) is 0 Å². The second kappa shape index (κ2) is 9.26. The number of halogens is 1. The summed E-state index contributed by atoms with van der Waals surface area (Å²) in [5.74, 6) is 0.330. The van der Waals surface area contributed by atoms with Crippen LogP contribution in [0.25, 0.3) is 5.69 Å². The van der Waals surface area contributed by atoms with Crippen LogP contribution in [0.3, 0.4) is 0 Å². The second-order valence-corrected chi connectivity index (χ2v) is 9.24. The van der Waals surface area contributed by atoms with Gasteiger partial charge >= 0.3 is 5.97 Å². The number of thioether (sulfide) groups is 1. The van der Waals surface area contributed by atoms with Crippen LogP contribution in [0.4, 0.5) is 4.39 Å². The predicted molar refractivity (Wildman–Crippen MR) is 112 cm³/mol. The van der Waals surface area contributed by atoms with Crippen LogP contribution in [-0.4, -0.2) is 50.1 Å². The van der Waals surface area contributed by atoms with E-state index in [2.05, 4.69) is 22.0 Å². The summed E-state index contributed by atoms with van der Waals surface area (Å²) in [5.41, 5.74) is 0.248. The highest BCUT2D eigenvalue weighted by molar-refractivity contribution is 7.99. The van der Waals surface area contributed by atoms with Gasteiger partial charge in [0.05, 0.1) is 11.8 Å². The molecule has 0 N–H and O–H groups in total. The lowest BCUT2D eigenvalue weighted by Crippen LogP contribution is -2.33. The van der Waals surface area contributed by atoms with Crippen molar-refractivity contribution < 1.29 is 13.9 Å². The van der Waals surface area contributed by atoms with Crippen LogP contribution < -0.4 is 0 Å². The van der Waals surface area contributed by atoms with E-state index in [1.54, 1.807) is 12.1 Å². The molecule has 2 aromatic rings. The van der Waals surface area contributed by atoms with Crippen LogP contribution in [0.2, 0.25) is 0 Å². The fraction of sp³-hybridized carbons (Fsp3) is 0.571. The molecule has 0 saturated carbocycles. The average molecular weight is 421 g/mol. The molecule has 6 nitrogen and oxygen atoms in total. The lowest BCUT2D eigenvalue weighted by molar-refractivity contribution is -0.151. The van der Waals surface area contributed by atoms with Crippen molar-refractivity contribution in [3.8, 4) is 5.69 Å². The van der Waals surface area contributed by atoms with Crippen LogP contribution in [0.5, 0.6) is 0 Å². The smallest absolute Gasteiger partial charge is 0.316 e. The first-order valence-corrected chi connectivity index (χ1v) is 11.0. The maximum absolute atomic E-state index is 13.5. The molecule has 0 amide bonds. The maximum atomic E-state index is 13.5. The first kappa shape index (κ1) is 21.8. The van der Waals surface area contributed by atoms with Crippen molar-refractivity contribution in [1.82, 2.24) is 19.7 Å². The van der Waals surface area contributed by atoms with Gasteiger partial charge in [-0.1, -0.05) is 18.2 Å². The molecule has 158 valence electrons. The molecule has 0 radical (unpaired) electrons. The second-order valence-electron chi connectivity index (χ2n) is 8.30. The van der Waals surface area contributed by atoms with Crippen molar-refractivity contribution in [1.29, 1.82) is 0 Å². The Morgan fingerprint density at radius 3 is 2.45 bits per heavy atom. The molecule has 0 unspecified atom stereocenters.